The minimum atomic E-state index is -4.12. The number of aromatic nitrogens is 2. The van der Waals surface area contributed by atoms with Gasteiger partial charge in [0.2, 0.25) is 0 Å². The molecule has 0 aliphatic heterocycles. The first-order chi connectivity index (χ1) is 16.2. The van der Waals surface area contributed by atoms with Crippen molar-refractivity contribution in [1.29, 1.82) is 0 Å². The largest absolute Gasteiger partial charge is 0.495 e. The number of anilines is 2. The molecule has 1 aromatic heterocycles. The van der Waals surface area contributed by atoms with Crippen LogP contribution in [0.15, 0.2) is 76.4 Å². The Morgan fingerprint density at radius 3 is 2.41 bits per heavy atom. The van der Waals surface area contributed by atoms with Crippen LogP contribution in [0.1, 0.15) is 10.5 Å². The first-order valence-corrected chi connectivity index (χ1v) is 11.8. The molecule has 0 saturated heterocycles. The van der Waals surface area contributed by atoms with E-state index in [9.17, 15) is 18.0 Å². The number of nitrogens with zero attached hydrogens (tertiary/aromatic N) is 2. The SMILES string of the molecule is COc1ccc(NC(=O)c2nn(C)c(=O)c3ccccc23)cc1S(=O)(=O)Nc1ccccc1Cl. The number of fused-ring (bicyclic) bond motifs is 1. The quantitative estimate of drug-likeness (QED) is 0.419. The highest BCUT2D eigenvalue weighted by Gasteiger charge is 2.23. The van der Waals surface area contributed by atoms with Gasteiger partial charge in [0.25, 0.3) is 21.5 Å². The molecule has 1 amide bonds. The number of sulfonamides is 1. The molecule has 2 N–H and O–H groups in total. The lowest BCUT2D eigenvalue weighted by atomic mass is 10.1. The maximum absolute atomic E-state index is 13.1. The van der Waals surface area contributed by atoms with Crippen LogP contribution in [0.3, 0.4) is 0 Å². The number of hydrogen-bond acceptors (Lipinski definition) is 6. The Bertz CT molecular complexity index is 1580. The Morgan fingerprint density at radius 2 is 1.71 bits per heavy atom. The standard InChI is InChI=1S/C23H19ClN4O5S/c1-28-23(30)16-8-4-3-7-15(16)21(26-28)22(29)25-14-11-12-19(33-2)20(13-14)34(31,32)27-18-10-6-5-9-17(18)24/h3-13,27H,1-2H3,(H,25,29). The van der Waals surface area contributed by atoms with Crippen molar-refractivity contribution in [3.63, 3.8) is 0 Å². The molecule has 3 aromatic carbocycles. The fourth-order valence-corrected chi connectivity index (χ4v) is 4.88. The van der Waals surface area contributed by atoms with Gasteiger partial charge in [-0.15, -0.1) is 0 Å². The molecule has 0 radical (unpaired) electrons. The van der Waals surface area contributed by atoms with Gasteiger partial charge in [-0.05, 0) is 36.4 Å². The van der Waals surface area contributed by atoms with Gasteiger partial charge in [-0.2, -0.15) is 5.10 Å². The van der Waals surface area contributed by atoms with Crippen molar-refractivity contribution in [3.8, 4) is 5.75 Å². The number of rotatable bonds is 6. The first kappa shape index (κ1) is 23.3. The van der Waals surface area contributed by atoms with Crippen LogP contribution in [-0.2, 0) is 17.1 Å². The molecule has 11 heteroatoms. The molecule has 0 saturated carbocycles. The van der Waals surface area contributed by atoms with E-state index in [2.05, 4.69) is 15.1 Å². The number of amides is 1. The summed E-state index contributed by atoms with van der Waals surface area (Å²) in [6, 6.07) is 17.2. The molecule has 0 aliphatic carbocycles. The van der Waals surface area contributed by atoms with E-state index in [0.717, 1.165) is 4.68 Å². The minimum Gasteiger partial charge on any atom is -0.495 e. The van der Waals surface area contributed by atoms with Gasteiger partial charge in [-0.1, -0.05) is 41.9 Å². The van der Waals surface area contributed by atoms with Crippen LogP contribution in [0.4, 0.5) is 11.4 Å². The Morgan fingerprint density at radius 1 is 1.03 bits per heavy atom. The van der Waals surface area contributed by atoms with E-state index in [4.69, 9.17) is 16.3 Å². The molecule has 174 valence electrons. The molecule has 4 rings (SSSR count). The molecule has 0 aliphatic rings. The van der Waals surface area contributed by atoms with E-state index >= 15 is 0 Å². The van der Waals surface area contributed by atoms with Crippen LogP contribution in [0, 0.1) is 0 Å². The van der Waals surface area contributed by atoms with Crippen LogP contribution < -0.4 is 20.3 Å². The predicted octanol–water partition coefficient (Wildman–Crippen LogP) is 3.65. The Labute approximate surface area is 200 Å². The van der Waals surface area contributed by atoms with Crippen molar-refractivity contribution in [2.24, 2.45) is 7.05 Å². The summed E-state index contributed by atoms with van der Waals surface area (Å²) in [6.07, 6.45) is 0. The van der Waals surface area contributed by atoms with Gasteiger partial charge in [-0.25, -0.2) is 13.1 Å². The van der Waals surface area contributed by atoms with Gasteiger partial charge in [-0.3, -0.25) is 14.3 Å². The predicted molar refractivity (Wildman–Crippen MR) is 130 cm³/mol. The molecule has 0 atom stereocenters. The number of carbonyl (C=O) groups is 1. The van der Waals surface area contributed by atoms with Gasteiger partial charge in [0.05, 0.1) is 23.2 Å². The number of carbonyl (C=O) groups excluding carboxylic acids is 1. The fourth-order valence-electron chi connectivity index (χ4n) is 3.37. The third kappa shape index (κ3) is 4.45. The number of halogens is 1. The topological polar surface area (TPSA) is 119 Å². The molecule has 9 nitrogen and oxygen atoms in total. The lowest BCUT2D eigenvalue weighted by molar-refractivity contribution is 0.102. The number of nitrogens with one attached hydrogen (secondary N) is 2. The van der Waals surface area contributed by atoms with Crippen molar-refractivity contribution < 1.29 is 17.9 Å². The average molecular weight is 499 g/mol. The summed E-state index contributed by atoms with van der Waals surface area (Å²) in [5.41, 5.74) is 0.0642. The second-order valence-electron chi connectivity index (χ2n) is 7.23. The molecule has 0 fully saturated rings. The number of ether oxygens (including phenoxy) is 1. The summed E-state index contributed by atoms with van der Waals surface area (Å²) in [7, 11) is -1.34. The third-order valence-corrected chi connectivity index (χ3v) is 6.72. The zero-order chi connectivity index (χ0) is 24.5. The van der Waals surface area contributed by atoms with Crippen molar-refractivity contribution in [2.45, 2.75) is 4.90 Å². The summed E-state index contributed by atoms with van der Waals surface area (Å²) in [5, 5.41) is 7.68. The second kappa shape index (κ2) is 9.16. The summed E-state index contributed by atoms with van der Waals surface area (Å²) >= 11 is 6.08. The molecule has 0 spiro atoms. The van der Waals surface area contributed by atoms with Crippen LogP contribution in [0.2, 0.25) is 5.02 Å². The summed E-state index contributed by atoms with van der Waals surface area (Å²) in [4.78, 5) is 25.2. The zero-order valence-electron chi connectivity index (χ0n) is 18.1. The van der Waals surface area contributed by atoms with Crippen molar-refractivity contribution >= 4 is 49.7 Å². The molecule has 0 unspecified atom stereocenters. The summed E-state index contributed by atoms with van der Waals surface area (Å²) in [5.74, 6) is -0.539. The van der Waals surface area contributed by atoms with Gasteiger partial charge >= 0.3 is 0 Å². The van der Waals surface area contributed by atoms with Gasteiger partial charge in [0.1, 0.15) is 10.6 Å². The second-order valence-corrected chi connectivity index (χ2v) is 9.29. The lowest BCUT2D eigenvalue weighted by Crippen LogP contribution is -2.25. The highest BCUT2D eigenvalue weighted by atomic mass is 35.5. The highest BCUT2D eigenvalue weighted by molar-refractivity contribution is 7.92. The molecule has 34 heavy (non-hydrogen) atoms. The van der Waals surface area contributed by atoms with Gasteiger partial charge in [0.15, 0.2) is 5.69 Å². The third-order valence-electron chi connectivity index (χ3n) is 5.00. The van der Waals surface area contributed by atoms with Crippen molar-refractivity contribution in [3.05, 3.63) is 87.8 Å². The Kier molecular flexibility index (Phi) is 6.27. The van der Waals surface area contributed by atoms with Crippen molar-refractivity contribution in [2.75, 3.05) is 17.1 Å². The smallest absolute Gasteiger partial charge is 0.276 e. The molecular formula is C23H19ClN4O5S. The lowest BCUT2D eigenvalue weighted by Gasteiger charge is -2.14. The van der Waals surface area contributed by atoms with Gasteiger partial charge < -0.3 is 10.1 Å². The first-order valence-electron chi connectivity index (χ1n) is 9.94. The zero-order valence-corrected chi connectivity index (χ0v) is 19.6. The summed E-state index contributed by atoms with van der Waals surface area (Å²) in [6.45, 7) is 0. The number of para-hydroxylation sites is 1. The number of aryl methyl sites for hydroxylation is 1. The van der Waals surface area contributed by atoms with Crippen molar-refractivity contribution in [1.82, 2.24) is 9.78 Å². The maximum atomic E-state index is 13.1. The molecule has 1 heterocycles. The van der Waals surface area contributed by atoms with Crippen LogP contribution in [0.25, 0.3) is 10.8 Å². The minimum absolute atomic E-state index is 0.0205. The number of methoxy groups -OCH3 is 1. The Hall–Kier alpha value is -3.89. The van der Waals surface area contributed by atoms with E-state index in [1.165, 1.54) is 38.4 Å². The summed E-state index contributed by atoms with van der Waals surface area (Å²) < 4.78 is 34.9. The average Bonchev–Trinajstić information content (AvgIpc) is 2.82. The molecule has 0 bridgehead atoms. The Balaban J connectivity index is 1.71. The van der Waals surface area contributed by atoms with Crippen LogP contribution in [0.5, 0.6) is 5.75 Å². The maximum Gasteiger partial charge on any atom is 0.276 e. The van der Waals surface area contributed by atoms with E-state index in [-0.39, 0.29) is 38.3 Å². The van der Waals surface area contributed by atoms with E-state index in [1.807, 2.05) is 0 Å². The van der Waals surface area contributed by atoms with Crippen LogP contribution >= 0.6 is 11.6 Å². The molecular weight excluding hydrogens is 480 g/mol. The van der Waals surface area contributed by atoms with E-state index in [1.54, 1.807) is 42.5 Å². The van der Waals surface area contributed by atoms with E-state index in [0.29, 0.717) is 10.8 Å². The highest BCUT2D eigenvalue weighted by Crippen LogP contribution is 2.31. The normalized spacial score (nSPS) is 11.3. The van der Waals surface area contributed by atoms with Crippen LogP contribution in [-0.4, -0.2) is 31.2 Å². The number of benzene rings is 3. The fraction of sp³-hybridized carbons (Fsp3) is 0.0870. The molecule has 4 aromatic rings. The van der Waals surface area contributed by atoms with E-state index < -0.39 is 15.9 Å². The number of hydrogen-bond donors (Lipinski definition) is 2. The van der Waals surface area contributed by atoms with Gasteiger partial charge in [0, 0.05) is 18.1 Å². The monoisotopic (exact) mass is 498 g/mol.